The molecule has 8 amide bonds. The summed E-state index contributed by atoms with van der Waals surface area (Å²) in [6.45, 7) is -2.69. The number of nitrogens with one attached hydrogen (secondary N) is 8. The number of nitrogens with zero attached hydrogens (tertiary/aromatic N) is 2. The number of rotatable bonds is 28. The van der Waals surface area contributed by atoms with E-state index in [1.165, 1.54) is 24.3 Å². The van der Waals surface area contributed by atoms with Crippen LogP contribution in [0.25, 0.3) is 0 Å². The number of aliphatic carboxylic acids is 1. The molecule has 0 aliphatic rings. The van der Waals surface area contributed by atoms with Crippen LogP contribution in [0.15, 0.2) is 34.3 Å². The number of phenols is 1. The number of hydrogen-bond donors (Lipinski definition) is 16. The summed E-state index contributed by atoms with van der Waals surface area (Å²) in [5.74, 6) is -8.31. The monoisotopic (exact) mass is 881 g/mol. The fraction of sp³-hybridized carbons (Fsp3) is 0.500. The molecule has 0 fully saturated rings. The van der Waals surface area contributed by atoms with Gasteiger partial charge in [-0.15, -0.1) is 0 Å². The molecule has 1 rings (SSSR count). The van der Waals surface area contributed by atoms with Crippen LogP contribution in [0.1, 0.15) is 31.2 Å². The Morgan fingerprint density at radius 1 is 0.574 bits per heavy atom. The predicted octanol–water partition coefficient (Wildman–Crippen LogP) is -7.58. The van der Waals surface area contributed by atoms with E-state index in [-0.39, 0.29) is 68.6 Å². The van der Waals surface area contributed by atoms with Gasteiger partial charge in [-0.25, -0.2) is 4.79 Å². The summed E-state index contributed by atoms with van der Waals surface area (Å²) in [6.07, 6.45) is 0.480. The van der Waals surface area contributed by atoms with Crippen LogP contribution in [-0.2, 0) is 49.6 Å². The molecule has 61 heavy (non-hydrogen) atoms. The van der Waals surface area contributed by atoms with E-state index < -0.39 is 110 Å². The Balaban J connectivity index is 2.70. The van der Waals surface area contributed by atoms with Crippen molar-refractivity contribution >= 4 is 77.8 Å². The maximum Gasteiger partial charge on any atom is 0.327 e. The topological polar surface area (TPSA) is 445 Å². The number of thiol groups is 1. The van der Waals surface area contributed by atoms with Gasteiger partial charge in [0.25, 0.3) is 0 Å². The number of guanidine groups is 2. The van der Waals surface area contributed by atoms with Crippen LogP contribution in [0.3, 0.4) is 0 Å². The Bertz CT molecular complexity index is 1740. The van der Waals surface area contributed by atoms with E-state index in [0.717, 1.165) is 0 Å². The molecule has 0 saturated heterocycles. The minimum absolute atomic E-state index is 0.00695. The second-order valence-corrected chi connectivity index (χ2v) is 13.3. The summed E-state index contributed by atoms with van der Waals surface area (Å²) in [4.78, 5) is 120. The smallest absolute Gasteiger partial charge is 0.327 e. The first-order chi connectivity index (χ1) is 28.8. The maximum atomic E-state index is 13.2. The Hall–Kier alpha value is -6.90. The van der Waals surface area contributed by atoms with Crippen LogP contribution >= 0.6 is 12.6 Å². The molecular formula is C34H55N15O11S. The summed E-state index contributed by atoms with van der Waals surface area (Å²) < 4.78 is 0. The molecule has 20 N–H and O–H groups in total. The van der Waals surface area contributed by atoms with E-state index in [4.69, 9.17) is 28.7 Å². The zero-order valence-electron chi connectivity index (χ0n) is 33.1. The summed E-state index contributed by atoms with van der Waals surface area (Å²) in [5.41, 5.74) is 27.2. The van der Waals surface area contributed by atoms with E-state index in [1.54, 1.807) is 0 Å². The summed E-state index contributed by atoms with van der Waals surface area (Å²) in [5, 5.41) is 37.5. The average Bonchev–Trinajstić information content (AvgIpc) is 3.21. The molecule has 338 valence electrons. The largest absolute Gasteiger partial charge is 0.508 e. The molecule has 0 bridgehead atoms. The van der Waals surface area contributed by atoms with E-state index in [2.05, 4.69) is 65.1 Å². The van der Waals surface area contributed by atoms with Gasteiger partial charge in [-0.2, -0.15) is 12.6 Å². The fourth-order valence-corrected chi connectivity index (χ4v) is 5.11. The predicted molar refractivity (Wildman–Crippen MR) is 222 cm³/mol. The molecule has 0 aliphatic carbocycles. The summed E-state index contributed by atoms with van der Waals surface area (Å²) >= 11 is 3.91. The van der Waals surface area contributed by atoms with Gasteiger partial charge >= 0.3 is 5.97 Å². The van der Waals surface area contributed by atoms with Crippen LogP contribution in [0.5, 0.6) is 5.75 Å². The van der Waals surface area contributed by atoms with E-state index in [1.807, 2.05) is 0 Å². The lowest BCUT2D eigenvalue weighted by atomic mass is 10.0. The summed E-state index contributed by atoms with van der Waals surface area (Å²) in [6, 6.07) is 0.701. The Morgan fingerprint density at radius 3 is 1.46 bits per heavy atom. The average molecular weight is 882 g/mol. The number of carbonyl (C=O) groups excluding carboxylic acids is 8. The molecule has 0 aromatic heterocycles. The van der Waals surface area contributed by atoms with Crippen molar-refractivity contribution in [2.24, 2.45) is 38.7 Å². The van der Waals surface area contributed by atoms with Gasteiger partial charge in [0, 0.05) is 25.3 Å². The van der Waals surface area contributed by atoms with Crippen molar-refractivity contribution in [3.05, 3.63) is 29.8 Å². The third-order valence-corrected chi connectivity index (χ3v) is 8.31. The highest BCUT2D eigenvalue weighted by Gasteiger charge is 2.28. The molecule has 27 heteroatoms. The zero-order chi connectivity index (χ0) is 45.9. The number of carboxylic acids is 1. The SMILES string of the molecule is NCC(=O)N[C@@H](CCCN=C(N)N)C(=O)N[C@@H](CCCN=C(N)N)C(=O)NCC(=O)NCC(=O)NCC(=O)NCC(=O)N[C@@H](Cc1ccc(O)cc1)C(=O)N[C@@H](CS)C(=O)O. The van der Waals surface area contributed by atoms with Crippen LogP contribution in [0, 0.1) is 0 Å². The van der Waals surface area contributed by atoms with Crippen molar-refractivity contribution in [1.29, 1.82) is 0 Å². The Morgan fingerprint density at radius 2 is 1.00 bits per heavy atom. The van der Waals surface area contributed by atoms with Gasteiger partial charge in [-0.3, -0.25) is 48.3 Å². The molecular weight excluding hydrogens is 827 g/mol. The van der Waals surface area contributed by atoms with E-state index >= 15 is 0 Å². The first-order valence-corrected chi connectivity index (χ1v) is 19.2. The number of aromatic hydroxyl groups is 1. The van der Waals surface area contributed by atoms with Crippen molar-refractivity contribution in [3.8, 4) is 5.75 Å². The molecule has 26 nitrogen and oxygen atoms in total. The first kappa shape index (κ1) is 52.1. The highest BCUT2D eigenvalue weighted by molar-refractivity contribution is 7.80. The quantitative estimate of drug-likeness (QED) is 0.0161. The van der Waals surface area contributed by atoms with Gasteiger partial charge in [-0.05, 0) is 43.4 Å². The van der Waals surface area contributed by atoms with Crippen LogP contribution in [0.2, 0.25) is 0 Å². The first-order valence-electron chi connectivity index (χ1n) is 18.5. The number of hydrogen-bond acceptors (Lipinski definition) is 14. The lowest BCUT2D eigenvalue weighted by Gasteiger charge is -2.23. The Labute approximate surface area is 355 Å². The minimum Gasteiger partial charge on any atom is -0.508 e. The number of carboxylic acid groups (broad SMARTS) is 1. The molecule has 0 spiro atoms. The minimum atomic E-state index is -1.36. The lowest BCUT2D eigenvalue weighted by molar-refractivity contribution is -0.141. The number of nitrogens with two attached hydrogens (primary N) is 5. The second kappa shape index (κ2) is 28.5. The standard InChI is InChI=1S/C34H55N15O11S/c35-12-24(51)46-21(4-2-10-41-34(38)39)30(57)48-20(3-1-9-40-33(36)37)29(56)45-15-27(54)43-13-25(52)42-14-26(53)44-16-28(55)47-22(11-18-5-7-19(50)8-6-18)31(58)49-23(17-61)32(59)60/h5-8,20-23,50,61H,1-4,9-17,35H2,(H,42,52)(H,43,54)(H,44,53)(H,45,56)(H,46,51)(H,47,55)(H,48,57)(H,49,58)(H,59,60)(H4,36,37,40)(H4,38,39,41)/t20-,21-,22-,23-/m0/s1. The van der Waals surface area contributed by atoms with Gasteiger partial charge in [0.1, 0.15) is 29.9 Å². The molecule has 1 aromatic carbocycles. The highest BCUT2D eigenvalue weighted by Crippen LogP contribution is 2.12. The zero-order valence-corrected chi connectivity index (χ0v) is 34.0. The van der Waals surface area contributed by atoms with Crippen LogP contribution in [0.4, 0.5) is 0 Å². The fourth-order valence-electron chi connectivity index (χ4n) is 4.87. The molecule has 4 atom stereocenters. The second-order valence-electron chi connectivity index (χ2n) is 12.9. The molecule has 0 saturated carbocycles. The third-order valence-electron chi connectivity index (χ3n) is 7.95. The normalized spacial score (nSPS) is 12.4. The van der Waals surface area contributed by atoms with Crippen molar-refractivity contribution in [2.45, 2.75) is 56.3 Å². The van der Waals surface area contributed by atoms with Gasteiger partial charge in [0.15, 0.2) is 11.9 Å². The number of amides is 8. The number of carbonyl (C=O) groups is 9. The number of benzene rings is 1. The van der Waals surface area contributed by atoms with Crippen molar-refractivity contribution in [2.75, 3.05) is 51.6 Å². The van der Waals surface area contributed by atoms with Crippen molar-refractivity contribution in [3.63, 3.8) is 0 Å². The van der Waals surface area contributed by atoms with E-state index in [0.29, 0.717) is 5.56 Å². The highest BCUT2D eigenvalue weighted by atomic mass is 32.1. The molecule has 0 heterocycles. The van der Waals surface area contributed by atoms with Crippen LogP contribution in [-0.4, -0.2) is 151 Å². The van der Waals surface area contributed by atoms with E-state index in [9.17, 15) is 53.4 Å². The van der Waals surface area contributed by atoms with Gasteiger partial charge in [-0.1, -0.05) is 12.1 Å². The van der Waals surface area contributed by atoms with Crippen molar-refractivity contribution in [1.82, 2.24) is 42.5 Å². The van der Waals surface area contributed by atoms with Gasteiger partial charge in [0.05, 0.1) is 32.7 Å². The molecule has 1 aromatic rings. The molecule has 0 unspecified atom stereocenters. The van der Waals surface area contributed by atoms with Gasteiger partial charge < -0.3 is 81.4 Å². The lowest BCUT2D eigenvalue weighted by Crippen LogP contribution is -2.55. The maximum absolute atomic E-state index is 13.2. The molecule has 0 aliphatic heterocycles. The van der Waals surface area contributed by atoms with Gasteiger partial charge in [0.2, 0.25) is 47.3 Å². The third kappa shape index (κ3) is 23.3. The van der Waals surface area contributed by atoms with Crippen LogP contribution < -0.4 is 71.2 Å². The van der Waals surface area contributed by atoms with Crippen molar-refractivity contribution < 1.29 is 53.4 Å². The number of phenolic OH excluding ortho intramolecular Hbond substituents is 1. The molecule has 0 radical (unpaired) electrons. The number of aliphatic imine (C=N–C) groups is 2. The Kier molecular flexibility index (Phi) is 24.4. The summed E-state index contributed by atoms with van der Waals surface area (Å²) in [7, 11) is 0.